The Labute approximate surface area is 182 Å². The second kappa shape index (κ2) is 8.01. The summed E-state index contributed by atoms with van der Waals surface area (Å²) in [4.78, 5) is 4.21. The Kier molecular flexibility index (Phi) is 5.38. The van der Waals surface area contributed by atoms with Crippen LogP contribution in [0.3, 0.4) is 0 Å². The summed E-state index contributed by atoms with van der Waals surface area (Å²) in [7, 11) is -3.51. The normalized spacial score (nSPS) is 12.5. The van der Waals surface area contributed by atoms with Crippen molar-refractivity contribution in [2.24, 2.45) is 20.5 Å². The molecule has 0 fully saturated rings. The topological polar surface area (TPSA) is 176 Å². The highest BCUT2D eigenvalue weighted by Crippen LogP contribution is 2.44. The average molecular weight is 477 g/mol. The van der Waals surface area contributed by atoms with Crippen LogP contribution >= 0.6 is 22.9 Å². The van der Waals surface area contributed by atoms with Gasteiger partial charge in [-0.2, -0.15) is 4.37 Å². The van der Waals surface area contributed by atoms with Crippen molar-refractivity contribution < 1.29 is 18.6 Å². The number of benzene rings is 1. The van der Waals surface area contributed by atoms with Crippen molar-refractivity contribution in [1.29, 1.82) is 0 Å². The first-order valence-corrected chi connectivity index (χ1v) is 11.8. The van der Waals surface area contributed by atoms with E-state index in [1.165, 1.54) is 13.0 Å². The van der Waals surface area contributed by atoms with Crippen LogP contribution in [-0.2, 0) is 9.84 Å². The van der Waals surface area contributed by atoms with Gasteiger partial charge < -0.3 is 10.2 Å². The average Bonchev–Trinajstić information content (AvgIpc) is 3.38. The lowest BCUT2D eigenvalue weighted by Crippen LogP contribution is -1.95. The van der Waals surface area contributed by atoms with E-state index in [2.05, 4.69) is 40.0 Å². The van der Waals surface area contributed by atoms with Crippen molar-refractivity contribution in [2.45, 2.75) is 11.3 Å². The van der Waals surface area contributed by atoms with Crippen LogP contribution in [0.1, 0.15) is 5.56 Å². The number of fused-ring (bicyclic) bond motifs is 1. The summed E-state index contributed by atoms with van der Waals surface area (Å²) in [5.41, 5.74) is 1.38. The molecule has 0 radical (unpaired) electrons. The molecule has 0 aliphatic rings. The zero-order valence-electron chi connectivity index (χ0n) is 15.8. The SMILES string of the molecule is Cc1c(O)c(N=Nc2nnc(S(C)(=O)=O)s2)cc(N=Nc2snc3cccnc23)c1O. The van der Waals surface area contributed by atoms with Crippen molar-refractivity contribution in [3.8, 4) is 11.5 Å². The van der Waals surface area contributed by atoms with Gasteiger partial charge in [0, 0.05) is 24.1 Å². The van der Waals surface area contributed by atoms with E-state index in [0.717, 1.165) is 29.1 Å². The Morgan fingerprint density at radius 3 is 2.42 bits per heavy atom. The summed E-state index contributed by atoms with van der Waals surface area (Å²) < 4.78 is 27.0. The van der Waals surface area contributed by atoms with Crippen molar-refractivity contribution in [2.75, 3.05) is 6.26 Å². The van der Waals surface area contributed by atoms with Gasteiger partial charge >= 0.3 is 0 Å². The maximum absolute atomic E-state index is 11.5. The fourth-order valence-corrected chi connectivity index (χ4v) is 4.41. The highest BCUT2D eigenvalue weighted by molar-refractivity contribution is 7.92. The number of phenols is 2. The van der Waals surface area contributed by atoms with Gasteiger partial charge in [-0.05, 0) is 30.6 Å². The quantitative estimate of drug-likeness (QED) is 0.396. The van der Waals surface area contributed by atoms with Gasteiger partial charge in [0.05, 0.1) is 0 Å². The summed E-state index contributed by atoms with van der Waals surface area (Å²) in [6.07, 6.45) is 2.61. The number of rotatable bonds is 5. The number of hydrogen-bond donors (Lipinski definition) is 2. The van der Waals surface area contributed by atoms with E-state index in [1.807, 2.05) is 0 Å². The molecule has 1 aromatic carbocycles. The fourth-order valence-electron chi connectivity index (χ4n) is 2.34. The second-order valence-electron chi connectivity index (χ2n) is 6.12. The van der Waals surface area contributed by atoms with Crippen molar-refractivity contribution in [3.05, 3.63) is 30.0 Å². The lowest BCUT2D eigenvalue weighted by molar-refractivity contribution is 0.445. The van der Waals surface area contributed by atoms with Gasteiger partial charge in [0.1, 0.15) is 33.9 Å². The number of hydrogen-bond acceptors (Lipinski definition) is 14. The third-order valence-electron chi connectivity index (χ3n) is 3.89. The predicted octanol–water partition coefficient (Wildman–Crippen LogP) is 4.50. The highest BCUT2D eigenvalue weighted by atomic mass is 32.2. The zero-order chi connectivity index (χ0) is 22.2. The molecule has 15 heteroatoms. The van der Waals surface area contributed by atoms with Gasteiger partial charge in [-0.25, -0.2) is 8.42 Å². The first kappa shape index (κ1) is 20.8. The zero-order valence-corrected chi connectivity index (χ0v) is 18.3. The molecule has 158 valence electrons. The molecule has 0 aliphatic heterocycles. The van der Waals surface area contributed by atoms with Crippen LogP contribution in [0.15, 0.2) is 49.2 Å². The Hall–Kier alpha value is -3.43. The summed E-state index contributed by atoms with van der Waals surface area (Å²) in [5, 5.41) is 44.0. The molecule has 0 amide bonds. The number of phenolic OH excluding ortho intramolecular Hbond substituents is 2. The third-order valence-corrected chi connectivity index (χ3v) is 7.11. The number of pyridine rings is 1. The van der Waals surface area contributed by atoms with Crippen LogP contribution in [0.4, 0.5) is 21.5 Å². The third kappa shape index (κ3) is 4.23. The summed E-state index contributed by atoms with van der Waals surface area (Å²) in [5.74, 6) is -0.602. The monoisotopic (exact) mass is 476 g/mol. The molecule has 31 heavy (non-hydrogen) atoms. The highest BCUT2D eigenvalue weighted by Gasteiger charge is 2.17. The van der Waals surface area contributed by atoms with Gasteiger partial charge in [-0.15, -0.1) is 30.7 Å². The van der Waals surface area contributed by atoms with E-state index in [1.54, 1.807) is 18.3 Å². The number of aromatic hydroxyl groups is 2. The molecule has 0 saturated carbocycles. The number of nitrogens with zero attached hydrogens (tertiary/aromatic N) is 8. The standard InChI is InChI=1S/C16H12N8O4S3/c1-7-12(25)9(18-20-14-11-8(24-30-14)4-3-5-17-11)6-10(13(7)26)19-21-15-22-23-16(29-15)31(2,27)28/h3-6,25-26H,1-2H3. The van der Waals surface area contributed by atoms with Gasteiger partial charge in [0.25, 0.3) is 5.13 Å². The molecule has 4 rings (SSSR count). The molecule has 0 unspecified atom stereocenters. The maximum atomic E-state index is 11.5. The molecule has 0 spiro atoms. The van der Waals surface area contributed by atoms with Crippen LogP contribution in [0.5, 0.6) is 11.5 Å². The van der Waals surface area contributed by atoms with Gasteiger partial charge in [0.15, 0.2) is 5.00 Å². The number of aromatic nitrogens is 4. The Morgan fingerprint density at radius 2 is 1.74 bits per heavy atom. The lowest BCUT2D eigenvalue weighted by atomic mass is 10.1. The van der Waals surface area contributed by atoms with E-state index in [0.29, 0.717) is 16.0 Å². The minimum Gasteiger partial charge on any atom is -0.505 e. The number of sulfone groups is 1. The van der Waals surface area contributed by atoms with Gasteiger partial charge in [-0.1, -0.05) is 11.3 Å². The van der Waals surface area contributed by atoms with Crippen LogP contribution in [-0.4, -0.2) is 44.4 Å². The van der Waals surface area contributed by atoms with E-state index in [9.17, 15) is 18.6 Å². The van der Waals surface area contributed by atoms with Crippen molar-refractivity contribution >= 4 is 65.2 Å². The minimum absolute atomic E-state index is 0.0177. The lowest BCUT2D eigenvalue weighted by Gasteiger charge is -2.06. The first-order valence-electron chi connectivity index (χ1n) is 8.37. The largest absolute Gasteiger partial charge is 0.505 e. The summed E-state index contributed by atoms with van der Waals surface area (Å²) >= 11 is 1.83. The minimum atomic E-state index is -3.51. The molecular weight excluding hydrogens is 464 g/mol. The van der Waals surface area contributed by atoms with Crippen LogP contribution in [0.25, 0.3) is 11.0 Å². The van der Waals surface area contributed by atoms with Gasteiger partial charge in [-0.3, -0.25) is 4.98 Å². The first-order chi connectivity index (χ1) is 14.7. The molecule has 3 heterocycles. The Bertz CT molecular complexity index is 1460. The maximum Gasteiger partial charge on any atom is 0.252 e. The molecule has 2 N–H and O–H groups in total. The van der Waals surface area contributed by atoms with Crippen LogP contribution in [0.2, 0.25) is 0 Å². The smallest absolute Gasteiger partial charge is 0.252 e. The molecule has 0 saturated heterocycles. The van der Waals surface area contributed by atoms with E-state index < -0.39 is 9.84 Å². The van der Waals surface area contributed by atoms with Gasteiger partial charge in [0.2, 0.25) is 14.2 Å². The molecule has 0 aliphatic carbocycles. The molecule has 3 aromatic heterocycles. The van der Waals surface area contributed by atoms with E-state index in [-0.39, 0.29) is 37.9 Å². The second-order valence-corrected chi connectivity index (χ2v) is 10.0. The van der Waals surface area contributed by atoms with Crippen molar-refractivity contribution in [3.63, 3.8) is 0 Å². The fraction of sp³-hybridized carbons (Fsp3) is 0.125. The predicted molar refractivity (Wildman–Crippen MR) is 113 cm³/mol. The summed E-state index contributed by atoms with van der Waals surface area (Å²) in [6.45, 7) is 1.47. The molecule has 12 nitrogen and oxygen atoms in total. The molecule has 4 aromatic rings. The van der Waals surface area contributed by atoms with Crippen LogP contribution < -0.4 is 0 Å². The van der Waals surface area contributed by atoms with E-state index >= 15 is 0 Å². The number of azo groups is 2. The van der Waals surface area contributed by atoms with E-state index in [4.69, 9.17) is 0 Å². The Morgan fingerprint density at radius 1 is 1.03 bits per heavy atom. The van der Waals surface area contributed by atoms with Crippen molar-refractivity contribution in [1.82, 2.24) is 19.6 Å². The summed E-state index contributed by atoms with van der Waals surface area (Å²) in [6, 6.07) is 4.83. The Balaban J connectivity index is 1.68. The van der Waals surface area contributed by atoms with Crippen LogP contribution in [0, 0.1) is 6.92 Å². The molecule has 0 atom stereocenters. The molecular formula is C16H12N8O4S3. The molecule has 0 bridgehead atoms.